The Morgan fingerprint density at radius 2 is 1.43 bits per heavy atom. The van der Waals surface area contributed by atoms with Crippen LogP contribution in [0.25, 0.3) is 0 Å². The van der Waals surface area contributed by atoms with Crippen molar-refractivity contribution in [2.45, 2.75) is 95.6 Å². The zero-order valence-electron chi connectivity index (χ0n) is 27.2. The predicted molar refractivity (Wildman–Crippen MR) is 158 cm³/mol. The maximum absolute atomic E-state index is 13.2. The number of carbonyl (C=O) groups is 5. The Hall–Kier alpha value is -4.47. The van der Waals surface area contributed by atoms with E-state index in [1.54, 1.807) is 0 Å². The fraction of sp³-hybridized carbons (Fsp3) is 0.621. The third-order valence-corrected chi connectivity index (χ3v) is 7.25. The molecule has 0 aromatic heterocycles. The van der Waals surface area contributed by atoms with Gasteiger partial charge in [0, 0.05) is 46.9 Å². The highest BCUT2D eigenvalue weighted by Crippen LogP contribution is 2.32. The molecule has 0 bridgehead atoms. The molecule has 0 aliphatic carbocycles. The fourth-order valence-electron chi connectivity index (χ4n) is 5.19. The van der Waals surface area contributed by atoms with Crippen molar-refractivity contribution in [1.82, 2.24) is 10.6 Å². The van der Waals surface area contributed by atoms with Gasteiger partial charge in [-0.15, -0.1) is 0 Å². The Bertz CT molecular complexity index is 1340. The van der Waals surface area contributed by atoms with Crippen LogP contribution in [0.15, 0.2) is 24.3 Å². The molecular weight excluding hydrogens is 662 g/mol. The van der Waals surface area contributed by atoms with Crippen LogP contribution in [0.4, 0.5) is 10.5 Å². The second-order valence-corrected chi connectivity index (χ2v) is 10.9. The highest BCUT2D eigenvalue weighted by molar-refractivity contribution is 5.73. The number of aliphatic hydroxyl groups excluding tert-OH is 2. The lowest BCUT2D eigenvalue weighted by atomic mass is 9.94. The van der Waals surface area contributed by atoms with E-state index in [2.05, 4.69) is 10.6 Å². The van der Waals surface area contributed by atoms with Gasteiger partial charge in [-0.25, -0.2) is 4.79 Å². The summed E-state index contributed by atoms with van der Waals surface area (Å²) in [6, 6.07) is 2.29. The number of ether oxygens (including phenoxy) is 8. The van der Waals surface area contributed by atoms with Gasteiger partial charge in [0.05, 0.1) is 11.5 Å². The van der Waals surface area contributed by atoms with Crippen LogP contribution >= 0.6 is 0 Å². The molecule has 1 aromatic rings. The molecule has 3 rings (SSSR count). The van der Waals surface area contributed by atoms with Crippen molar-refractivity contribution < 1.29 is 77.0 Å². The zero-order chi connectivity index (χ0) is 36.4. The smallest absolute Gasteiger partial charge is 0.407 e. The van der Waals surface area contributed by atoms with E-state index in [9.17, 15) is 44.3 Å². The van der Waals surface area contributed by atoms with E-state index >= 15 is 0 Å². The Balaban J connectivity index is 2.03. The Labute approximate surface area is 279 Å². The number of esters is 3. The Morgan fingerprint density at radius 1 is 0.837 bits per heavy atom. The Morgan fingerprint density at radius 3 is 1.96 bits per heavy atom. The second kappa shape index (κ2) is 17.8. The maximum atomic E-state index is 13.2. The minimum absolute atomic E-state index is 0.191. The van der Waals surface area contributed by atoms with Crippen molar-refractivity contribution in [2.24, 2.45) is 0 Å². The molecule has 20 nitrogen and oxygen atoms in total. The summed E-state index contributed by atoms with van der Waals surface area (Å²) in [5.41, 5.74) is 0.178. The van der Waals surface area contributed by atoms with Gasteiger partial charge in [0.25, 0.3) is 5.69 Å². The quantitative estimate of drug-likeness (QED) is 0.0827. The van der Waals surface area contributed by atoms with E-state index in [4.69, 9.17) is 37.9 Å². The topological polar surface area (TPSA) is 267 Å². The van der Waals surface area contributed by atoms with Crippen LogP contribution in [0.2, 0.25) is 0 Å². The number of nitro benzene ring substituents is 1. The molecule has 0 unspecified atom stereocenters. The number of carbonyl (C=O) groups excluding carboxylic acids is 5. The SMILES string of the molecule is CO[C@H]1O[C@H](CO)[C@H](O)[C@H](O[C@@H]2O[C@H](COC(C)=O)[C@H](OC(C)=O)[C@H](OC(C)=O)[C@H]2NC(=O)OCc2ccc([N+](=O)[O-])cc2)[C@H]1NC(C)=O. The number of hydrogen-bond donors (Lipinski definition) is 4. The molecule has 0 radical (unpaired) electrons. The van der Waals surface area contributed by atoms with Crippen LogP contribution in [0, 0.1) is 10.1 Å². The molecule has 2 aliphatic heterocycles. The van der Waals surface area contributed by atoms with Gasteiger partial charge in [0.1, 0.15) is 49.7 Å². The molecule has 0 spiro atoms. The summed E-state index contributed by atoms with van der Waals surface area (Å²) in [6.45, 7) is 2.71. The van der Waals surface area contributed by atoms with E-state index < -0.39 is 109 Å². The lowest BCUT2D eigenvalue weighted by Crippen LogP contribution is -2.70. The molecule has 2 aliphatic rings. The molecule has 2 saturated heterocycles. The molecule has 10 atom stereocenters. The number of rotatable bonds is 13. The molecule has 2 heterocycles. The minimum Gasteiger partial charge on any atom is -0.463 e. The standard InChI is InChI=1S/C29H39N3O17/c1-13(34)30-21-25(23(38)19(10-33)47-27(21)42-5)49-28-22(31-29(39)44-11-17-6-8-18(9-7-17)32(40)41)26(46-16(4)37)24(45-15(3)36)20(48-28)12-43-14(2)35/h6-9,19-28,33,38H,10-12H2,1-5H3,(H,30,34)(H,31,39)/t19-,20-,21-,22-,23+,24+,25-,26-,27+,28+/m1/s1. The number of aliphatic hydroxyl groups is 2. The van der Waals surface area contributed by atoms with Gasteiger partial charge in [-0.2, -0.15) is 0 Å². The summed E-state index contributed by atoms with van der Waals surface area (Å²) >= 11 is 0. The van der Waals surface area contributed by atoms with Gasteiger partial charge in [0.2, 0.25) is 5.91 Å². The van der Waals surface area contributed by atoms with Crippen molar-refractivity contribution in [3.8, 4) is 0 Å². The van der Waals surface area contributed by atoms with Gasteiger partial charge in [-0.1, -0.05) is 0 Å². The van der Waals surface area contributed by atoms with E-state index in [-0.39, 0.29) is 12.3 Å². The fourth-order valence-corrected chi connectivity index (χ4v) is 5.19. The first-order valence-corrected chi connectivity index (χ1v) is 14.8. The molecule has 49 heavy (non-hydrogen) atoms. The van der Waals surface area contributed by atoms with E-state index in [0.29, 0.717) is 5.56 Å². The summed E-state index contributed by atoms with van der Waals surface area (Å²) in [7, 11) is 1.24. The van der Waals surface area contributed by atoms with Crippen molar-refractivity contribution in [1.29, 1.82) is 0 Å². The zero-order valence-corrected chi connectivity index (χ0v) is 27.2. The van der Waals surface area contributed by atoms with Crippen LogP contribution in [0.1, 0.15) is 33.3 Å². The molecule has 272 valence electrons. The van der Waals surface area contributed by atoms with Crippen LogP contribution < -0.4 is 10.6 Å². The van der Waals surface area contributed by atoms with E-state index in [1.807, 2.05) is 0 Å². The van der Waals surface area contributed by atoms with Gasteiger partial charge in [0.15, 0.2) is 24.8 Å². The summed E-state index contributed by atoms with van der Waals surface area (Å²) in [5, 5.41) is 37.0. The van der Waals surface area contributed by atoms with Crippen molar-refractivity contribution in [3.05, 3.63) is 39.9 Å². The normalized spacial score (nSPS) is 29.5. The summed E-state index contributed by atoms with van der Waals surface area (Å²) in [5.74, 6) is -3.10. The molecule has 2 fully saturated rings. The van der Waals surface area contributed by atoms with Crippen molar-refractivity contribution >= 4 is 35.6 Å². The number of nitrogens with zero attached hydrogens (tertiary/aromatic N) is 1. The van der Waals surface area contributed by atoms with Gasteiger partial charge < -0.3 is 58.7 Å². The molecular formula is C29H39N3O17. The van der Waals surface area contributed by atoms with Gasteiger partial charge >= 0.3 is 24.0 Å². The largest absolute Gasteiger partial charge is 0.463 e. The summed E-state index contributed by atoms with van der Waals surface area (Å²) < 4.78 is 44.4. The highest BCUT2D eigenvalue weighted by Gasteiger charge is 2.55. The molecule has 1 aromatic carbocycles. The second-order valence-electron chi connectivity index (χ2n) is 10.9. The lowest BCUT2D eigenvalue weighted by Gasteiger charge is -2.49. The summed E-state index contributed by atoms with van der Waals surface area (Å²) in [6.07, 6.45) is -13.1. The monoisotopic (exact) mass is 701 g/mol. The highest BCUT2D eigenvalue weighted by atomic mass is 16.7. The van der Waals surface area contributed by atoms with Crippen molar-refractivity contribution in [2.75, 3.05) is 20.3 Å². The molecule has 20 heteroatoms. The number of amides is 2. The lowest BCUT2D eigenvalue weighted by molar-refractivity contribution is -0.384. The van der Waals surface area contributed by atoms with Crippen LogP contribution in [0.3, 0.4) is 0 Å². The first-order valence-electron chi connectivity index (χ1n) is 14.8. The predicted octanol–water partition coefficient (Wildman–Crippen LogP) is -1.04. The van der Waals surface area contributed by atoms with Crippen LogP contribution in [-0.4, -0.2) is 127 Å². The number of nitro groups is 1. The Kier molecular flexibility index (Phi) is 14.1. The number of nitrogens with one attached hydrogen (secondary N) is 2. The number of hydrogen-bond acceptors (Lipinski definition) is 17. The number of alkyl carbamates (subject to hydrolysis) is 1. The van der Waals surface area contributed by atoms with E-state index in [1.165, 1.54) is 38.3 Å². The van der Waals surface area contributed by atoms with Gasteiger partial charge in [-0.05, 0) is 17.7 Å². The summed E-state index contributed by atoms with van der Waals surface area (Å²) in [4.78, 5) is 71.9. The number of benzene rings is 1. The third kappa shape index (κ3) is 10.8. The number of methoxy groups -OCH3 is 1. The van der Waals surface area contributed by atoms with Gasteiger partial charge in [-0.3, -0.25) is 29.3 Å². The first-order chi connectivity index (χ1) is 23.1. The molecule has 2 amide bonds. The first kappa shape index (κ1) is 39.0. The van der Waals surface area contributed by atoms with E-state index in [0.717, 1.165) is 20.8 Å². The third-order valence-electron chi connectivity index (χ3n) is 7.25. The average Bonchev–Trinajstić information content (AvgIpc) is 3.03. The molecule has 4 N–H and O–H groups in total. The molecule has 0 saturated carbocycles. The van der Waals surface area contributed by atoms with Crippen molar-refractivity contribution in [3.63, 3.8) is 0 Å². The average molecular weight is 702 g/mol. The van der Waals surface area contributed by atoms with Crippen LogP contribution in [0.5, 0.6) is 0 Å². The minimum atomic E-state index is -1.74. The maximum Gasteiger partial charge on any atom is 0.407 e. The van der Waals surface area contributed by atoms with Crippen LogP contribution in [-0.2, 0) is 63.7 Å². The number of non-ortho nitro benzene ring substituents is 1.